The van der Waals surface area contributed by atoms with Crippen LogP contribution < -0.4 is 15.8 Å². The first-order valence-corrected chi connectivity index (χ1v) is 11.6. The van der Waals surface area contributed by atoms with Gasteiger partial charge in [0, 0.05) is 11.3 Å². The number of carbonyl (C=O) groups excluding carboxylic acids is 1. The highest BCUT2D eigenvalue weighted by atomic mass is 32.2. The topological polar surface area (TPSA) is 125 Å². The summed E-state index contributed by atoms with van der Waals surface area (Å²) >= 11 is 0. The summed E-state index contributed by atoms with van der Waals surface area (Å²) in [7, 11) is -3.89. The van der Waals surface area contributed by atoms with E-state index in [-0.39, 0.29) is 17.2 Å². The third-order valence-corrected chi connectivity index (χ3v) is 6.46. The van der Waals surface area contributed by atoms with Crippen molar-refractivity contribution in [3.05, 3.63) is 95.6 Å². The molecule has 0 bridgehead atoms. The zero-order chi connectivity index (χ0) is 23.1. The van der Waals surface area contributed by atoms with Gasteiger partial charge < -0.3 is 11.1 Å². The highest BCUT2D eigenvalue weighted by Crippen LogP contribution is 2.15. The minimum atomic E-state index is -3.89. The van der Waals surface area contributed by atoms with E-state index >= 15 is 0 Å². The lowest BCUT2D eigenvalue weighted by Gasteiger charge is -2.19. The molecule has 0 aliphatic rings. The van der Waals surface area contributed by atoms with E-state index < -0.39 is 22.0 Å². The number of nitrogens with one attached hydrogen (secondary N) is 3. The lowest BCUT2D eigenvalue weighted by atomic mass is 10.1. The van der Waals surface area contributed by atoms with E-state index in [1.165, 1.54) is 12.1 Å². The number of sulfonamides is 1. The molecule has 0 aromatic heterocycles. The van der Waals surface area contributed by atoms with E-state index in [9.17, 15) is 13.2 Å². The maximum Gasteiger partial charge on any atom is 0.242 e. The third-order valence-electron chi connectivity index (χ3n) is 4.97. The maximum atomic E-state index is 13.0. The number of anilines is 1. The van der Waals surface area contributed by atoms with Crippen molar-refractivity contribution in [1.29, 1.82) is 5.41 Å². The van der Waals surface area contributed by atoms with Crippen LogP contribution in [0.5, 0.6) is 0 Å². The molecule has 0 spiro atoms. The molecule has 32 heavy (non-hydrogen) atoms. The van der Waals surface area contributed by atoms with Crippen molar-refractivity contribution in [3.8, 4) is 0 Å². The Bertz CT molecular complexity index is 1180. The standard InChI is InChI=1S/C24H26N4O3S/c1-17-7-14-21(15-8-17)32(30,31)28-22(16-9-18-5-3-2-4-6-18)24(29)27-20-12-10-19(11-13-20)23(25)26/h2-8,10-15,22,28H,9,16H2,1H3,(H3,25,26)(H,27,29). The number of amidine groups is 1. The molecule has 0 saturated carbocycles. The minimum Gasteiger partial charge on any atom is -0.384 e. The largest absolute Gasteiger partial charge is 0.384 e. The summed E-state index contributed by atoms with van der Waals surface area (Å²) in [5.41, 5.74) is 8.42. The van der Waals surface area contributed by atoms with Crippen LogP contribution in [-0.2, 0) is 21.2 Å². The monoisotopic (exact) mass is 450 g/mol. The summed E-state index contributed by atoms with van der Waals surface area (Å²) in [5.74, 6) is -0.540. The normalized spacial score (nSPS) is 12.2. The summed E-state index contributed by atoms with van der Waals surface area (Å²) < 4.78 is 28.4. The second-order valence-electron chi connectivity index (χ2n) is 7.49. The highest BCUT2D eigenvalue weighted by molar-refractivity contribution is 7.89. The lowest BCUT2D eigenvalue weighted by Crippen LogP contribution is -2.44. The van der Waals surface area contributed by atoms with E-state index in [0.717, 1.165) is 11.1 Å². The van der Waals surface area contributed by atoms with Gasteiger partial charge in [0.1, 0.15) is 11.9 Å². The number of benzene rings is 3. The van der Waals surface area contributed by atoms with E-state index in [4.69, 9.17) is 11.1 Å². The van der Waals surface area contributed by atoms with Crippen LogP contribution in [0.4, 0.5) is 5.69 Å². The zero-order valence-corrected chi connectivity index (χ0v) is 18.5. The van der Waals surface area contributed by atoms with E-state index in [1.807, 2.05) is 37.3 Å². The molecule has 8 heteroatoms. The fourth-order valence-corrected chi connectivity index (χ4v) is 4.36. The fourth-order valence-electron chi connectivity index (χ4n) is 3.13. The summed E-state index contributed by atoms with van der Waals surface area (Å²) in [4.78, 5) is 13.1. The van der Waals surface area contributed by atoms with Crippen LogP contribution in [-0.4, -0.2) is 26.2 Å². The lowest BCUT2D eigenvalue weighted by molar-refractivity contribution is -0.117. The number of hydrogen-bond donors (Lipinski definition) is 4. The predicted molar refractivity (Wildman–Crippen MR) is 126 cm³/mol. The molecule has 166 valence electrons. The molecule has 0 heterocycles. The highest BCUT2D eigenvalue weighted by Gasteiger charge is 2.26. The second-order valence-corrected chi connectivity index (χ2v) is 9.21. The number of rotatable bonds is 9. The molecule has 3 aromatic carbocycles. The predicted octanol–water partition coefficient (Wildman–Crippen LogP) is 3.20. The molecule has 0 aliphatic carbocycles. The van der Waals surface area contributed by atoms with Crippen molar-refractivity contribution in [2.45, 2.75) is 30.7 Å². The Labute approximate surface area is 188 Å². The molecule has 0 radical (unpaired) electrons. The van der Waals surface area contributed by atoms with Crippen LogP contribution >= 0.6 is 0 Å². The first kappa shape index (κ1) is 23.2. The molecule has 3 aromatic rings. The summed E-state index contributed by atoms with van der Waals surface area (Å²) in [6.45, 7) is 1.87. The van der Waals surface area contributed by atoms with Gasteiger partial charge in [-0.3, -0.25) is 10.2 Å². The first-order valence-electron chi connectivity index (χ1n) is 10.1. The van der Waals surface area contributed by atoms with Gasteiger partial charge >= 0.3 is 0 Å². The zero-order valence-electron chi connectivity index (χ0n) is 17.7. The van der Waals surface area contributed by atoms with Crippen LogP contribution in [0.15, 0.2) is 83.8 Å². The van der Waals surface area contributed by atoms with Crippen molar-refractivity contribution < 1.29 is 13.2 Å². The molecule has 0 aliphatic heterocycles. The third kappa shape index (κ3) is 6.26. The molecule has 0 fully saturated rings. The molecular formula is C24H26N4O3S. The number of nitrogens with two attached hydrogens (primary N) is 1. The first-order chi connectivity index (χ1) is 15.2. The summed E-state index contributed by atoms with van der Waals surface area (Å²) in [6.07, 6.45) is 0.811. The Hall–Kier alpha value is -3.49. The molecule has 3 rings (SSSR count). The van der Waals surface area contributed by atoms with Crippen LogP contribution in [0.3, 0.4) is 0 Å². The molecule has 5 N–H and O–H groups in total. The minimum absolute atomic E-state index is 0.0746. The van der Waals surface area contributed by atoms with Crippen molar-refractivity contribution in [2.24, 2.45) is 5.73 Å². The van der Waals surface area contributed by atoms with Crippen molar-refractivity contribution in [2.75, 3.05) is 5.32 Å². The Morgan fingerprint density at radius 2 is 1.59 bits per heavy atom. The number of aryl methyl sites for hydroxylation is 2. The molecule has 1 amide bonds. The van der Waals surface area contributed by atoms with Gasteiger partial charge in [0.2, 0.25) is 15.9 Å². The Balaban J connectivity index is 1.79. The van der Waals surface area contributed by atoms with Gasteiger partial charge in [-0.2, -0.15) is 4.72 Å². The van der Waals surface area contributed by atoms with E-state index in [1.54, 1.807) is 36.4 Å². The number of nitrogen functional groups attached to an aromatic ring is 1. The van der Waals surface area contributed by atoms with Crippen molar-refractivity contribution in [3.63, 3.8) is 0 Å². The Morgan fingerprint density at radius 1 is 0.969 bits per heavy atom. The number of hydrogen-bond acceptors (Lipinski definition) is 4. The van der Waals surface area contributed by atoms with Crippen molar-refractivity contribution in [1.82, 2.24) is 4.72 Å². The van der Waals surface area contributed by atoms with Gasteiger partial charge in [-0.25, -0.2) is 8.42 Å². The van der Waals surface area contributed by atoms with Crippen LogP contribution in [0.1, 0.15) is 23.1 Å². The summed E-state index contributed by atoms with van der Waals surface area (Å²) in [5, 5.41) is 10.2. The van der Waals surface area contributed by atoms with Crippen LogP contribution in [0, 0.1) is 12.3 Å². The van der Waals surface area contributed by atoms with E-state index in [0.29, 0.717) is 17.7 Å². The van der Waals surface area contributed by atoms with Gasteiger partial charge in [-0.05, 0) is 61.7 Å². The molecule has 0 saturated heterocycles. The van der Waals surface area contributed by atoms with E-state index in [2.05, 4.69) is 10.0 Å². The summed E-state index contributed by atoms with van der Waals surface area (Å²) in [6, 6.07) is 21.5. The Kier molecular flexibility index (Phi) is 7.40. The SMILES string of the molecule is Cc1ccc(S(=O)(=O)NC(CCc2ccccc2)C(=O)Nc2ccc(C(=N)N)cc2)cc1. The molecule has 7 nitrogen and oxygen atoms in total. The average Bonchev–Trinajstić information content (AvgIpc) is 2.78. The number of carbonyl (C=O) groups is 1. The number of amides is 1. The fraction of sp³-hybridized carbons (Fsp3) is 0.167. The Morgan fingerprint density at radius 3 is 2.19 bits per heavy atom. The smallest absolute Gasteiger partial charge is 0.242 e. The molecule has 1 atom stereocenters. The second kappa shape index (κ2) is 10.2. The van der Waals surface area contributed by atoms with Crippen molar-refractivity contribution >= 4 is 27.5 Å². The molecular weight excluding hydrogens is 424 g/mol. The van der Waals surface area contributed by atoms with Gasteiger partial charge in [-0.15, -0.1) is 0 Å². The van der Waals surface area contributed by atoms with Gasteiger partial charge in [0.05, 0.1) is 4.90 Å². The van der Waals surface area contributed by atoms with Crippen LogP contribution in [0.2, 0.25) is 0 Å². The quantitative estimate of drug-likeness (QED) is 0.295. The van der Waals surface area contributed by atoms with Gasteiger partial charge in [0.15, 0.2) is 0 Å². The van der Waals surface area contributed by atoms with Gasteiger partial charge in [-0.1, -0.05) is 48.0 Å². The van der Waals surface area contributed by atoms with Crippen LogP contribution in [0.25, 0.3) is 0 Å². The average molecular weight is 451 g/mol. The molecule has 1 unspecified atom stereocenters. The maximum absolute atomic E-state index is 13.0. The van der Waals surface area contributed by atoms with Gasteiger partial charge in [0.25, 0.3) is 0 Å².